The van der Waals surface area contributed by atoms with Gasteiger partial charge in [0.2, 0.25) is 0 Å². The Bertz CT molecular complexity index is 296. The van der Waals surface area contributed by atoms with Crippen LogP contribution in [-0.4, -0.2) is 37.8 Å². The summed E-state index contributed by atoms with van der Waals surface area (Å²) in [4.78, 5) is 4.65. The maximum absolute atomic E-state index is 5.62. The van der Waals surface area contributed by atoms with Gasteiger partial charge in [0.15, 0.2) is 5.96 Å². The lowest BCUT2D eigenvalue weighted by Gasteiger charge is -2.23. The molecule has 0 aliphatic carbocycles. The summed E-state index contributed by atoms with van der Waals surface area (Å²) in [6.45, 7) is 13.7. The lowest BCUT2D eigenvalue weighted by atomic mass is 9.89. The molecule has 0 aromatic rings. The van der Waals surface area contributed by atoms with Crippen molar-refractivity contribution in [1.29, 1.82) is 0 Å². The number of nitrogens with zero attached hydrogens (tertiary/aromatic N) is 1. The first kappa shape index (κ1) is 21.0. The van der Waals surface area contributed by atoms with Gasteiger partial charge in [0.1, 0.15) is 0 Å². The number of hydrogen-bond acceptors (Lipinski definition) is 2. The van der Waals surface area contributed by atoms with Gasteiger partial charge in [-0.15, -0.1) is 24.0 Å². The van der Waals surface area contributed by atoms with E-state index in [-0.39, 0.29) is 24.0 Å². The van der Waals surface area contributed by atoms with E-state index in [0.29, 0.717) is 17.6 Å². The summed E-state index contributed by atoms with van der Waals surface area (Å²) in [6, 6.07) is 0.441. The van der Waals surface area contributed by atoms with Crippen LogP contribution < -0.4 is 10.6 Å². The molecule has 0 saturated carbocycles. The van der Waals surface area contributed by atoms with E-state index >= 15 is 0 Å². The molecular formula is C16H34IN3O. The highest BCUT2D eigenvalue weighted by Gasteiger charge is 2.16. The SMILES string of the molecule is CCNC(=NCC1CCCO1)NC(C)CCC(C)(C)C.I. The Kier molecular flexibility index (Phi) is 10.6. The molecule has 0 aromatic heterocycles. The minimum Gasteiger partial charge on any atom is -0.376 e. The second kappa shape index (κ2) is 10.6. The minimum absolute atomic E-state index is 0. The van der Waals surface area contributed by atoms with Crippen molar-refractivity contribution in [1.82, 2.24) is 10.6 Å². The first-order valence-electron chi connectivity index (χ1n) is 8.07. The third kappa shape index (κ3) is 10.3. The molecule has 0 amide bonds. The first-order chi connectivity index (χ1) is 9.40. The first-order valence-corrected chi connectivity index (χ1v) is 8.07. The molecule has 0 radical (unpaired) electrons. The number of hydrogen-bond donors (Lipinski definition) is 2. The second-order valence-corrected chi connectivity index (χ2v) is 7.00. The van der Waals surface area contributed by atoms with Crippen LogP contribution in [0.3, 0.4) is 0 Å². The Morgan fingerprint density at radius 1 is 1.38 bits per heavy atom. The van der Waals surface area contributed by atoms with Gasteiger partial charge < -0.3 is 15.4 Å². The summed E-state index contributed by atoms with van der Waals surface area (Å²) >= 11 is 0. The van der Waals surface area contributed by atoms with Gasteiger partial charge in [0.25, 0.3) is 0 Å². The van der Waals surface area contributed by atoms with E-state index in [0.717, 1.165) is 38.5 Å². The molecular weight excluding hydrogens is 377 g/mol. The van der Waals surface area contributed by atoms with Gasteiger partial charge in [-0.05, 0) is 44.9 Å². The second-order valence-electron chi connectivity index (χ2n) is 7.00. The van der Waals surface area contributed by atoms with Crippen LogP contribution in [0.1, 0.15) is 60.3 Å². The Morgan fingerprint density at radius 2 is 2.10 bits per heavy atom. The molecule has 0 spiro atoms. The van der Waals surface area contributed by atoms with Crippen LogP contribution in [0.25, 0.3) is 0 Å². The van der Waals surface area contributed by atoms with Crippen LogP contribution in [0.5, 0.6) is 0 Å². The highest BCUT2D eigenvalue weighted by atomic mass is 127. The maximum atomic E-state index is 5.62. The van der Waals surface area contributed by atoms with Gasteiger partial charge in [0.05, 0.1) is 12.6 Å². The summed E-state index contributed by atoms with van der Waals surface area (Å²) in [5.41, 5.74) is 0.392. The summed E-state index contributed by atoms with van der Waals surface area (Å²) in [7, 11) is 0. The maximum Gasteiger partial charge on any atom is 0.191 e. The van der Waals surface area contributed by atoms with Crippen molar-refractivity contribution in [2.45, 2.75) is 72.4 Å². The fourth-order valence-electron chi connectivity index (χ4n) is 2.26. The van der Waals surface area contributed by atoms with E-state index in [1.165, 1.54) is 12.8 Å². The fraction of sp³-hybridized carbons (Fsp3) is 0.938. The zero-order valence-corrected chi connectivity index (χ0v) is 16.7. The molecule has 4 nitrogen and oxygen atoms in total. The van der Waals surface area contributed by atoms with Crippen LogP contribution in [0.2, 0.25) is 0 Å². The Balaban J connectivity index is 0.00000400. The normalized spacial score (nSPS) is 20.8. The van der Waals surface area contributed by atoms with Crippen molar-refractivity contribution >= 4 is 29.9 Å². The third-order valence-electron chi connectivity index (χ3n) is 3.53. The highest BCUT2D eigenvalue weighted by Crippen LogP contribution is 2.21. The van der Waals surface area contributed by atoms with Crippen LogP contribution in [0, 0.1) is 5.41 Å². The predicted octanol–water partition coefficient (Wildman–Crippen LogP) is 3.55. The van der Waals surface area contributed by atoms with Crippen LogP contribution in [-0.2, 0) is 4.74 Å². The van der Waals surface area contributed by atoms with E-state index in [4.69, 9.17) is 4.74 Å². The molecule has 0 aromatic carbocycles. The molecule has 1 fully saturated rings. The smallest absolute Gasteiger partial charge is 0.191 e. The topological polar surface area (TPSA) is 45.7 Å². The quantitative estimate of drug-likeness (QED) is 0.399. The Labute approximate surface area is 147 Å². The molecule has 1 heterocycles. The van der Waals surface area contributed by atoms with Crippen molar-refractivity contribution in [3.8, 4) is 0 Å². The molecule has 1 aliphatic heterocycles. The summed E-state index contributed by atoms with van der Waals surface area (Å²) < 4.78 is 5.62. The van der Waals surface area contributed by atoms with E-state index in [1.54, 1.807) is 0 Å². The molecule has 126 valence electrons. The molecule has 1 aliphatic rings. The van der Waals surface area contributed by atoms with Gasteiger partial charge in [-0.1, -0.05) is 20.8 Å². The largest absolute Gasteiger partial charge is 0.376 e. The van der Waals surface area contributed by atoms with E-state index < -0.39 is 0 Å². The zero-order chi connectivity index (χ0) is 15.0. The summed E-state index contributed by atoms with van der Waals surface area (Å²) in [5, 5.41) is 6.82. The zero-order valence-electron chi connectivity index (χ0n) is 14.4. The van der Waals surface area contributed by atoms with Crippen molar-refractivity contribution < 1.29 is 4.74 Å². The number of ether oxygens (including phenoxy) is 1. The van der Waals surface area contributed by atoms with Gasteiger partial charge in [0, 0.05) is 19.2 Å². The van der Waals surface area contributed by atoms with Crippen LogP contribution in [0.15, 0.2) is 4.99 Å². The van der Waals surface area contributed by atoms with E-state index in [1.807, 2.05) is 0 Å². The molecule has 0 bridgehead atoms. The van der Waals surface area contributed by atoms with Crippen LogP contribution >= 0.6 is 24.0 Å². The van der Waals surface area contributed by atoms with Crippen molar-refractivity contribution in [3.63, 3.8) is 0 Å². The summed E-state index contributed by atoms with van der Waals surface area (Å²) in [6.07, 6.45) is 5.00. The van der Waals surface area contributed by atoms with Crippen LogP contribution in [0.4, 0.5) is 0 Å². The molecule has 2 atom stereocenters. The molecule has 1 rings (SSSR count). The third-order valence-corrected chi connectivity index (χ3v) is 3.53. The Hall–Kier alpha value is -0.0400. The van der Waals surface area contributed by atoms with Crippen molar-refractivity contribution in [3.05, 3.63) is 0 Å². The standard InChI is InChI=1S/C16H33N3O.HI/c1-6-17-15(18-12-14-8-7-11-20-14)19-13(2)9-10-16(3,4)5;/h13-14H,6-12H2,1-5H3,(H2,17,18,19);1H. The number of halogens is 1. The van der Waals surface area contributed by atoms with E-state index in [9.17, 15) is 0 Å². The monoisotopic (exact) mass is 411 g/mol. The van der Waals surface area contributed by atoms with Gasteiger partial charge in [-0.3, -0.25) is 4.99 Å². The van der Waals surface area contributed by atoms with Gasteiger partial charge in [-0.25, -0.2) is 0 Å². The Morgan fingerprint density at radius 3 is 2.62 bits per heavy atom. The summed E-state index contributed by atoms with van der Waals surface area (Å²) in [5.74, 6) is 0.921. The van der Waals surface area contributed by atoms with Gasteiger partial charge >= 0.3 is 0 Å². The van der Waals surface area contributed by atoms with E-state index in [2.05, 4.69) is 50.2 Å². The van der Waals surface area contributed by atoms with Crippen molar-refractivity contribution in [2.75, 3.05) is 19.7 Å². The lowest BCUT2D eigenvalue weighted by Crippen LogP contribution is -2.43. The predicted molar refractivity (Wildman–Crippen MR) is 102 cm³/mol. The average Bonchev–Trinajstić information content (AvgIpc) is 2.86. The van der Waals surface area contributed by atoms with Crippen molar-refractivity contribution in [2.24, 2.45) is 10.4 Å². The number of aliphatic imine (C=N–C) groups is 1. The number of nitrogens with one attached hydrogen (secondary N) is 2. The number of guanidine groups is 1. The molecule has 5 heteroatoms. The van der Waals surface area contributed by atoms with Gasteiger partial charge in [-0.2, -0.15) is 0 Å². The molecule has 2 N–H and O–H groups in total. The lowest BCUT2D eigenvalue weighted by molar-refractivity contribution is 0.117. The molecule has 21 heavy (non-hydrogen) atoms. The average molecular weight is 411 g/mol. The highest BCUT2D eigenvalue weighted by molar-refractivity contribution is 14.0. The molecule has 1 saturated heterocycles. The number of rotatable bonds is 6. The molecule has 2 unspecified atom stereocenters. The minimum atomic E-state index is 0. The fourth-order valence-corrected chi connectivity index (χ4v) is 2.26.